The van der Waals surface area contributed by atoms with E-state index in [0.29, 0.717) is 30.3 Å². The van der Waals surface area contributed by atoms with Crippen molar-refractivity contribution in [3.8, 4) is 5.75 Å². The molecule has 0 saturated carbocycles. The van der Waals surface area contributed by atoms with Gasteiger partial charge in [-0.3, -0.25) is 14.5 Å². The Morgan fingerprint density at radius 2 is 1.81 bits per heavy atom. The van der Waals surface area contributed by atoms with Gasteiger partial charge in [0.25, 0.3) is 11.8 Å². The molecule has 0 bridgehead atoms. The van der Waals surface area contributed by atoms with E-state index in [9.17, 15) is 9.59 Å². The number of carbonyl (C=O) groups is 2. The van der Waals surface area contributed by atoms with Gasteiger partial charge in [0.15, 0.2) is 0 Å². The van der Waals surface area contributed by atoms with Crippen LogP contribution in [0.2, 0.25) is 0 Å². The van der Waals surface area contributed by atoms with Crippen LogP contribution in [-0.4, -0.2) is 47.9 Å². The lowest BCUT2D eigenvalue weighted by atomic mass is 9.97. The van der Waals surface area contributed by atoms with Crippen LogP contribution in [-0.2, 0) is 9.59 Å². The number of hydrogen-bond donors (Lipinski definition) is 0. The Bertz CT molecular complexity index is 724. The van der Waals surface area contributed by atoms with E-state index in [2.05, 4.69) is 18.7 Å². The Kier molecular flexibility index (Phi) is 6.19. The van der Waals surface area contributed by atoms with Gasteiger partial charge in [-0.05, 0) is 49.3 Å². The van der Waals surface area contributed by atoms with Crippen LogP contribution in [0.3, 0.4) is 0 Å². The van der Waals surface area contributed by atoms with Crippen LogP contribution >= 0.6 is 0 Å². The minimum atomic E-state index is -0.169. The predicted molar refractivity (Wildman–Crippen MR) is 106 cm³/mol. The number of likely N-dealkylation sites (tertiary alicyclic amines) is 1. The number of carbonyl (C=O) groups excluding carboxylic acids is 2. The molecule has 1 atom stereocenters. The van der Waals surface area contributed by atoms with Gasteiger partial charge in [-0.2, -0.15) is 0 Å². The maximum Gasteiger partial charge on any atom is 0.277 e. The van der Waals surface area contributed by atoms with E-state index in [0.717, 1.165) is 43.7 Å². The summed E-state index contributed by atoms with van der Waals surface area (Å²) in [6.07, 6.45) is 3.93. The number of benzene rings is 1. The molecule has 3 rings (SSSR count). The van der Waals surface area contributed by atoms with Crippen molar-refractivity contribution in [2.45, 2.75) is 46.5 Å². The van der Waals surface area contributed by atoms with Crippen LogP contribution in [0.1, 0.15) is 52.0 Å². The fourth-order valence-electron chi connectivity index (χ4n) is 3.87. The van der Waals surface area contributed by atoms with Gasteiger partial charge in [0.2, 0.25) is 0 Å². The Morgan fingerprint density at radius 3 is 2.44 bits per heavy atom. The van der Waals surface area contributed by atoms with Crippen LogP contribution < -0.4 is 4.74 Å². The van der Waals surface area contributed by atoms with Gasteiger partial charge in [-0.15, -0.1) is 0 Å². The lowest BCUT2D eigenvalue weighted by Gasteiger charge is -2.33. The summed E-state index contributed by atoms with van der Waals surface area (Å²) in [5.41, 5.74) is 1.93. The Labute approximate surface area is 162 Å². The molecule has 2 aliphatic heterocycles. The van der Waals surface area contributed by atoms with Gasteiger partial charge < -0.3 is 9.64 Å². The highest BCUT2D eigenvalue weighted by Gasteiger charge is 2.41. The minimum absolute atomic E-state index is 0.141. The zero-order valence-corrected chi connectivity index (χ0v) is 16.7. The first-order valence-corrected chi connectivity index (χ1v) is 10.1. The van der Waals surface area contributed by atoms with Gasteiger partial charge >= 0.3 is 0 Å². The van der Waals surface area contributed by atoms with Gasteiger partial charge in [0.1, 0.15) is 11.4 Å². The molecule has 0 N–H and O–H groups in total. The molecule has 1 saturated heterocycles. The van der Waals surface area contributed by atoms with Crippen molar-refractivity contribution in [1.29, 1.82) is 0 Å². The first-order valence-electron chi connectivity index (χ1n) is 10.1. The maximum absolute atomic E-state index is 13.1. The number of hydrogen-bond acceptors (Lipinski definition) is 4. The lowest BCUT2D eigenvalue weighted by Crippen LogP contribution is -2.39. The molecule has 1 aromatic carbocycles. The van der Waals surface area contributed by atoms with Crippen molar-refractivity contribution < 1.29 is 14.3 Å². The predicted octanol–water partition coefficient (Wildman–Crippen LogP) is 3.70. The summed E-state index contributed by atoms with van der Waals surface area (Å²) in [5, 5.41) is 0. The van der Waals surface area contributed by atoms with Gasteiger partial charge in [0, 0.05) is 19.6 Å². The zero-order chi connectivity index (χ0) is 19.4. The average molecular weight is 370 g/mol. The largest absolute Gasteiger partial charge is 0.494 e. The summed E-state index contributed by atoms with van der Waals surface area (Å²) < 4.78 is 5.65. The van der Waals surface area contributed by atoms with Crippen molar-refractivity contribution in [2.75, 3.05) is 26.2 Å². The summed E-state index contributed by atoms with van der Waals surface area (Å²) >= 11 is 0. The third kappa shape index (κ3) is 4.02. The fraction of sp³-hybridized carbons (Fsp3) is 0.545. The number of rotatable bonds is 7. The minimum Gasteiger partial charge on any atom is -0.494 e. The molecule has 146 valence electrons. The molecule has 27 heavy (non-hydrogen) atoms. The first kappa shape index (κ1) is 19.5. The summed E-state index contributed by atoms with van der Waals surface area (Å²) in [6, 6.07) is 7.56. The topological polar surface area (TPSA) is 49.9 Å². The van der Waals surface area contributed by atoms with E-state index >= 15 is 0 Å². The molecule has 5 nitrogen and oxygen atoms in total. The van der Waals surface area contributed by atoms with E-state index in [-0.39, 0.29) is 11.8 Å². The van der Waals surface area contributed by atoms with E-state index in [1.807, 2.05) is 31.2 Å². The molecule has 1 aromatic rings. The standard InChI is InChI=1S/C22H30N2O3/c1-4-12-24-21(25)19(17-8-10-18(11-9-17)27-14-5-2)20(22(24)26)23-13-6-7-16(3)15-23/h8-11,16H,4-7,12-15H2,1-3H3. The SMILES string of the molecule is CCCOc1ccc(C2=C(N3CCCC(C)C3)C(=O)N(CCC)C2=O)cc1. The molecule has 2 heterocycles. The second kappa shape index (κ2) is 8.59. The van der Waals surface area contributed by atoms with E-state index in [1.54, 1.807) is 0 Å². The number of piperidine rings is 1. The summed E-state index contributed by atoms with van der Waals surface area (Å²) in [6.45, 7) is 9.05. The van der Waals surface area contributed by atoms with E-state index < -0.39 is 0 Å². The molecule has 0 aliphatic carbocycles. The third-order valence-corrected chi connectivity index (χ3v) is 5.18. The fourth-order valence-corrected chi connectivity index (χ4v) is 3.87. The number of imide groups is 1. The second-order valence-corrected chi connectivity index (χ2v) is 7.55. The number of amides is 2. The highest BCUT2D eigenvalue weighted by molar-refractivity contribution is 6.35. The molecule has 2 amide bonds. The summed E-state index contributed by atoms with van der Waals surface area (Å²) in [5.74, 6) is 1.01. The molecule has 0 radical (unpaired) electrons. The molecule has 0 spiro atoms. The number of nitrogens with zero attached hydrogens (tertiary/aromatic N) is 2. The zero-order valence-electron chi connectivity index (χ0n) is 16.7. The van der Waals surface area contributed by atoms with Crippen LogP contribution in [0.5, 0.6) is 5.75 Å². The van der Waals surface area contributed by atoms with Crippen LogP contribution in [0.4, 0.5) is 0 Å². The van der Waals surface area contributed by atoms with Crippen molar-refractivity contribution in [2.24, 2.45) is 5.92 Å². The highest BCUT2D eigenvalue weighted by atomic mass is 16.5. The molecule has 1 fully saturated rings. The molecule has 1 unspecified atom stereocenters. The van der Waals surface area contributed by atoms with Crippen LogP contribution in [0, 0.1) is 5.92 Å². The Balaban J connectivity index is 1.97. The smallest absolute Gasteiger partial charge is 0.277 e. The number of ether oxygens (including phenoxy) is 1. The Morgan fingerprint density at radius 1 is 1.07 bits per heavy atom. The third-order valence-electron chi connectivity index (χ3n) is 5.18. The van der Waals surface area contributed by atoms with Crippen molar-refractivity contribution in [3.05, 3.63) is 35.5 Å². The molecule has 0 aromatic heterocycles. The Hall–Kier alpha value is -2.30. The van der Waals surface area contributed by atoms with Crippen LogP contribution in [0.15, 0.2) is 30.0 Å². The average Bonchev–Trinajstić information content (AvgIpc) is 2.92. The maximum atomic E-state index is 13.1. The van der Waals surface area contributed by atoms with Crippen LogP contribution in [0.25, 0.3) is 5.57 Å². The summed E-state index contributed by atoms with van der Waals surface area (Å²) in [4.78, 5) is 29.7. The molecule has 5 heteroatoms. The molecular formula is C22H30N2O3. The van der Waals surface area contributed by atoms with Crippen molar-refractivity contribution >= 4 is 17.4 Å². The normalized spacial score (nSPS) is 20.6. The van der Waals surface area contributed by atoms with Gasteiger partial charge in [-0.1, -0.05) is 32.9 Å². The van der Waals surface area contributed by atoms with Crippen molar-refractivity contribution in [1.82, 2.24) is 9.80 Å². The monoisotopic (exact) mass is 370 g/mol. The lowest BCUT2D eigenvalue weighted by molar-refractivity contribution is -0.137. The van der Waals surface area contributed by atoms with Gasteiger partial charge in [-0.25, -0.2) is 0 Å². The van der Waals surface area contributed by atoms with E-state index in [4.69, 9.17) is 4.74 Å². The highest BCUT2D eigenvalue weighted by Crippen LogP contribution is 2.34. The molecular weight excluding hydrogens is 340 g/mol. The first-order chi connectivity index (χ1) is 13.1. The van der Waals surface area contributed by atoms with Crippen molar-refractivity contribution in [3.63, 3.8) is 0 Å². The molecule has 2 aliphatic rings. The quantitative estimate of drug-likeness (QED) is 0.687. The van der Waals surface area contributed by atoms with Gasteiger partial charge in [0.05, 0.1) is 12.2 Å². The summed E-state index contributed by atoms with van der Waals surface area (Å²) in [7, 11) is 0. The van der Waals surface area contributed by atoms with E-state index in [1.165, 1.54) is 11.3 Å². The second-order valence-electron chi connectivity index (χ2n) is 7.55.